The Morgan fingerprint density at radius 3 is 2.24 bits per heavy atom. The Kier molecular flexibility index (Phi) is 8.59. The second-order valence-electron chi connectivity index (χ2n) is 11.6. The van der Waals surface area contributed by atoms with E-state index < -0.39 is 5.91 Å². The molecule has 0 bridgehead atoms. The molecule has 0 spiro atoms. The number of carbonyl (C=O) groups excluding carboxylic acids is 3. The average Bonchev–Trinajstić information content (AvgIpc) is 2.89. The first-order valence-corrected chi connectivity index (χ1v) is 13.8. The molecule has 8 heteroatoms. The van der Waals surface area contributed by atoms with Gasteiger partial charge in [0.2, 0.25) is 0 Å². The van der Waals surface area contributed by atoms with Gasteiger partial charge in [-0.2, -0.15) is 0 Å². The van der Waals surface area contributed by atoms with Crippen LogP contribution in [0.25, 0.3) is 0 Å². The number of hydrogen-bond acceptors (Lipinski definition) is 4. The largest absolute Gasteiger partial charge is 0.380 e. The van der Waals surface area contributed by atoms with Crippen molar-refractivity contribution in [3.05, 3.63) is 59.2 Å². The van der Waals surface area contributed by atoms with Crippen LogP contribution in [0.15, 0.2) is 42.5 Å². The van der Waals surface area contributed by atoms with Gasteiger partial charge in [0.1, 0.15) is 0 Å². The predicted molar refractivity (Wildman–Crippen MR) is 152 cm³/mol. The molecule has 1 unspecified atom stereocenters. The van der Waals surface area contributed by atoms with Gasteiger partial charge < -0.3 is 26.6 Å². The Balaban J connectivity index is 1.42. The summed E-state index contributed by atoms with van der Waals surface area (Å²) in [4.78, 5) is 39.8. The van der Waals surface area contributed by atoms with Crippen molar-refractivity contribution in [1.29, 1.82) is 0 Å². The van der Waals surface area contributed by atoms with Gasteiger partial charge in [0.15, 0.2) is 0 Å². The summed E-state index contributed by atoms with van der Waals surface area (Å²) in [5.41, 5.74) is 8.82. The van der Waals surface area contributed by atoms with Crippen LogP contribution in [0.1, 0.15) is 92.0 Å². The number of hydrogen-bond donors (Lipinski definition) is 4. The minimum absolute atomic E-state index is 0.00537. The molecule has 2 aliphatic rings. The molecule has 2 aromatic rings. The van der Waals surface area contributed by atoms with E-state index in [-0.39, 0.29) is 29.4 Å². The minimum Gasteiger partial charge on any atom is -0.380 e. The lowest BCUT2D eigenvalue weighted by atomic mass is 9.87. The number of nitrogens with two attached hydrogens (primary N) is 1. The molecule has 0 radical (unpaired) electrons. The van der Waals surface area contributed by atoms with Crippen molar-refractivity contribution in [1.82, 2.24) is 10.2 Å². The standard InChI is InChI=1S/C30H41N5O3/c1-30(2,3)21-13-11-20(12-14-21)28(37)33-23-15-16-25(27(31)36)26(18-23)32-24-10-7-17-35(19-24)29(38)34-22-8-5-4-6-9-22/h11-16,18,22,24,32H,4-10,17,19H2,1-3H3,(H2,31,36)(H,33,37)(H,34,38). The molecule has 1 saturated carbocycles. The van der Waals surface area contributed by atoms with Crippen molar-refractivity contribution in [3.63, 3.8) is 0 Å². The van der Waals surface area contributed by atoms with Crippen molar-refractivity contribution in [2.75, 3.05) is 23.7 Å². The molecule has 1 saturated heterocycles. The van der Waals surface area contributed by atoms with Crippen LogP contribution >= 0.6 is 0 Å². The normalized spacial score (nSPS) is 18.5. The zero-order chi connectivity index (χ0) is 27.3. The number of carbonyl (C=O) groups is 3. The van der Waals surface area contributed by atoms with Gasteiger partial charge in [0.25, 0.3) is 11.8 Å². The van der Waals surface area contributed by atoms with E-state index in [2.05, 4.69) is 36.7 Å². The molecule has 4 amide bonds. The van der Waals surface area contributed by atoms with Crippen molar-refractivity contribution in [3.8, 4) is 0 Å². The molecule has 1 atom stereocenters. The lowest BCUT2D eigenvalue weighted by molar-refractivity contribution is 0.0998. The highest BCUT2D eigenvalue weighted by atomic mass is 16.2. The topological polar surface area (TPSA) is 117 Å². The Morgan fingerprint density at radius 2 is 1.58 bits per heavy atom. The van der Waals surface area contributed by atoms with E-state index in [1.807, 2.05) is 29.2 Å². The molecular formula is C30H41N5O3. The van der Waals surface area contributed by atoms with E-state index in [9.17, 15) is 14.4 Å². The lowest BCUT2D eigenvalue weighted by Gasteiger charge is -2.35. The number of primary amides is 1. The van der Waals surface area contributed by atoms with Gasteiger partial charge in [0, 0.05) is 42.1 Å². The third-order valence-electron chi connectivity index (χ3n) is 7.56. The van der Waals surface area contributed by atoms with Crippen LogP contribution in [0.4, 0.5) is 16.2 Å². The maximum Gasteiger partial charge on any atom is 0.317 e. The van der Waals surface area contributed by atoms with Crippen LogP contribution in [0.5, 0.6) is 0 Å². The Hall–Kier alpha value is -3.55. The lowest BCUT2D eigenvalue weighted by Crippen LogP contribution is -2.51. The first-order valence-electron chi connectivity index (χ1n) is 13.8. The molecular weight excluding hydrogens is 478 g/mol. The van der Waals surface area contributed by atoms with Crippen molar-refractivity contribution in [2.24, 2.45) is 5.73 Å². The molecule has 5 N–H and O–H groups in total. The summed E-state index contributed by atoms with van der Waals surface area (Å²) in [6, 6.07) is 12.8. The highest BCUT2D eigenvalue weighted by Crippen LogP contribution is 2.26. The summed E-state index contributed by atoms with van der Waals surface area (Å²) >= 11 is 0. The molecule has 204 valence electrons. The van der Waals surface area contributed by atoms with Crippen molar-refractivity contribution >= 4 is 29.2 Å². The van der Waals surface area contributed by atoms with Gasteiger partial charge in [-0.05, 0) is 67.0 Å². The molecule has 38 heavy (non-hydrogen) atoms. The summed E-state index contributed by atoms with van der Waals surface area (Å²) in [6.07, 6.45) is 7.39. The van der Waals surface area contributed by atoms with Gasteiger partial charge in [-0.3, -0.25) is 9.59 Å². The number of nitrogens with zero attached hydrogens (tertiary/aromatic N) is 1. The molecule has 8 nitrogen and oxygen atoms in total. The summed E-state index contributed by atoms with van der Waals surface area (Å²) in [6.45, 7) is 7.64. The van der Waals surface area contributed by atoms with E-state index >= 15 is 0 Å². The molecule has 0 aromatic heterocycles. The van der Waals surface area contributed by atoms with Crippen LogP contribution in [0.2, 0.25) is 0 Å². The zero-order valence-corrected chi connectivity index (χ0v) is 22.8. The van der Waals surface area contributed by atoms with Crippen molar-refractivity contribution in [2.45, 2.75) is 83.2 Å². The van der Waals surface area contributed by atoms with E-state index in [1.54, 1.807) is 18.2 Å². The van der Waals surface area contributed by atoms with Crippen LogP contribution < -0.4 is 21.7 Å². The van der Waals surface area contributed by atoms with Gasteiger partial charge >= 0.3 is 6.03 Å². The number of anilines is 2. The second kappa shape index (κ2) is 11.9. The third kappa shape index (κ3) is 7.05. The van der Waals surface area contributed by atoms with Gasteiger partial charge in [0.05, 0.1) is 5.56 Å². The van der Waals surface area contributed by atoms with Crippen LogP contribution in [0, 0.1) is 0 Å². The van der Waals surface area contributed by atoms with Crippen molar-refractivity contribution < 1.29 is 14.4 Å². The fourth-order valence-corrected chi connectivity index (χ4v) is 5.29. The SMILES string of the molecule is CC(C)(C)c1ccc(C(=O)Nc2ccc(C(N)=O)c(NC3CCCN(C(=O)NC4CCCCC4)C3)c2)cc1. The van der Waals surface area contributed by atoms with Gasteiger partial charge in [-0.15, -0.1) is 0 Å². The van der Waals surface area contributed by atoms with Crippen LogP contribution in [0.3, 0.4) is 0 Å². The third-order valence-corrected chi connectivity index (χ3v) is 7.56. The molecule has 2 fully saturated rings. The molecule has 1 aliphatic heterocycles. The number of amides is 4. The molecule has 1 aliphatic carbocycles. The number of rotatable bonds is 6. The van der Waals surface area contributed by atoms with Crippen LogP contribution in [-0.2, 0) is 5.41 Å². The number of urea groups is 1. The van der Waals surface area contributed by atoms with E-state index in [0.29, 0.717) is 35.6 Å². The fraction of sp³-hybridized carbons (Fsp3) is 0.500. The highest BCUT2D eigenvalue weighted by molar-refractivity contribution is 6.05. The van der Waals surface area contributed by atoms with Gasteiger partial charge in [-0.25, -0.2) is 4.79 Å². The van der Waals surface area contributed by atoms with E-state index in [0.717, 1.165) is 31.2 Å². The first-order chi connectivity index (χ1) is 18.1. The van der Waals surface area contributed by atoms with Gasteiger partial charge in [-0.1, -0.05) is 52.2 Å². The number of benzene rings is 2. The number of nitrogens with one attached hydrogen (secondary N) is 3. The monoisotopic (exact) mass is 519 g/mol. The molecule has 2 aromatic carbocycles. The smallest absolute Gasteiger partial charge is 0.317 e. The zero-order valence-electron chi connectivity index (χ0n) is 22.8. The Morgan fingerprint density at radius 1 is 0.895 bits per heavy atom. The Labute approximate surface area is 225 Å². The maximum atomic E-state index is 12.9. The molecule has 4 rings (SSSR count). The minimum atomic E-state index is -0.550. The molecule has 1 heterocycles. The maximum absolute atomic E-state index is 12.9. The quantitative estimate of drug-likeness (QED) is 0.417. The second-order valence-corrected chi connectivity index (χ2v) is 11.6. The highest BCUT2D eigenvalue weighted by Gasteiger charge is 2.26. The predicted octanol–water partition coefficient (Wildman–Crippen LogP) is 5.25. The summed E-state index contributed by atoms with van der Waals surface area (Å²) in [5, 5.41) is 9.55. The number of likely N-dealkylation sites (tertiary alicyclic amines) is 1. The first kappa shape index (κ1) is 27.5. The van der Waals surface area contributed by atoms with Crippen LogP contribution in [-0.4, -0.2) is 47.9 Å². The van der Waals surface area contributed by atoms with E-state index in [1.165, 1.54) is 19.3 Å². The fourth-order valence-electron chi connectivity index (χ4n) is 5.29. The summed E-state index contributed by atoms with van der Waals surface area (Å²) in [5.74, 6) is -0.780. The Bertz CT molecular complexity index is 1150. The summed E-state index contributed by atoms with van der Waals surface area (Å²) in [7, 11) is 0. The van der Waals surface area contributed by atoms with E-state index in [4.69, 9.17) is 5.73 Å². The average molecular weight is 520 g/mol. The number of piperidine rings is 1. The summed E-state index contributed by atoms with van der Waals surface area (Å²) < 4.78 is 0.